The van der Waals surface area contributed by atoms with Crippen LogP contribution in [0.4, 0.5) is 0 Å². The highest BCUT2D eigenvalue weighted by atomic mass is 16.5. The van der Waals surface area contributed by atoms with E-state index in [0.29, 0.717) is 24.7 Å². The molecule has 4 rings (SSSR count). The molecule has 0 aliphatic heterocycles. The molecule has 154 valence electrons. The first kappa shape index (κ1) is 19.5. The number of hydrogen-bond acceptors (Lipinski definition) is 6. The highest BCUT2D eigenvalue weighted by Crippen LogP contribution is 2.23. The van der Waals surface area contributed by atoms with Crippen molar-refractivity contribution >= 4 is 16.8 Å². The lowest BCUT2D eigenvalue weighted by atomic mass is 9.93. The SMILES string of the molecule is COCCOC1CCC(NC(=O)c2nc(-n3ccnc3)cc3cnn(C)c23)CC1. The van der Waals surface area contributed by atoms with Crippen molar-refractivity contribution in [3.8, 4) is 5.82 Å². The van der Waals surface area contributed by atoms with Gasteiger partial charge in [-0.2, -0.15) is 5.10 Å². The summed E-state index contributed by atoms with van der Waals surface area (Å²) in [6.07, 6.45) is 10.8. The number of nitrogens with one attached hydrogen (secondary N) is 1. The summed E-state index contributed by atoms with van der Waals surface area (Å²) in [6.45, 7) is 1.22. The molecule has 0 atom stereocenters. The molecule has 29 heavy (non-hydrogen) atoms. The van der Waals surface area contributed by atoms with Crippen molar-refractivity contribution in [1.82, 2.24) is 29.6 Å². The summed E-state index contributed by atoms with van der Waals surface area (Å²) < 4.78 is 14.3. The molecular formula is C20H26N6O3. The Morgan fingerprint density at radius 3 is 2.83 bits per heavy atom. The molecule has 3 aromatic heterocycles. The van der Waals surface area contributed by atoms with Crippen molar-refractivity contribution in [1.29, 1.82) is 0 Å². The van der Waals surface area contributed by atoms with Crippen molar-refractivity contribution in [2.24, 2.45) is 7.05 Å². The summed E-state index contributed by atoms with van der Waals surface area (Å²) in [5.74, 6) is 0.465. The van der Waals surface area contributed by atoms with Crippen LogP contribution in [-0.4, -0.2) is 62.7 Å². The lowest BCUT2D eigenvalue weighted by Gasteiger charge is -2.29. The molecule has 0 radical (unpaired) electrons. The zero-order valence-electron chi connectivity index (χ0n) is 16.7. The van der Waals surface area contributed by atoms with Crippen molar-refractivity contribution in [3.05, 3.63) is 36.7 Å². The van der Waals surface area contributed by atoms with Crippen molar-refractivity contribution < 1.29 is 14.3 Å². The van der Waals surface area contributed by atoms with E-state index in [0.717, 1.165) is 36.6 Å². The van der Waals surface area contributed by atoms with Crippen LogP contribution in [0.25, 0.3) is 16.7 Å². The summed E-state index contributed by atoms with van der Waals surface area (Å²) in [4.78, 5) is 21.8. The summed E-state index contributed by atoms with van der Waals surface area (Å²) in [6, 6.07) is 2.02. The highest BCUT2D eigenvalue weighted by Gasteiger charge is 2.25. The topological polar surface area (TPSA) is 96.1 Å². The predicted molar refractivity (Wildman–Crippen MR) is 107 cm³/mol. The smallest absolute Gasteiger partial charge is 0.272 e. The Morgan fingerprint density at radius 2 is 2.10 bits per heavy atom. The zero-order valence-corrected chi connectivity index (χ0v) is 16.7. The summed E-state index contributed by atoms with van der Waals surface area (Å²) in [5.41, 5.74) is 1.10. The minimum Gasteiger partial charge on any atom is -0.382 e. The second-order valence-corrected chi connectivity index (χ2v) is 7.32. The number of carbonyl (C=O) groups excluding carboxylic acids is 1. The molecule has 3 aromatic rings. The Labute approximate surface area is 169 Å². The average Bonchev–Trinajstić information content (AvgIpc) is 3.39. The molecule has 1 aliphatic rings. The zero-order chi connectivity index (χ0) is 20.2. The van der Waals surface area contributed by atoms with Crippen molar-refractivity contribution in [2.45, 2.75) is 37.8 Å². The molecule has 1 amide bonds. The normalized spacial score (nSPS) is 19.5. The molecule has 1 fully saturated rings. The molecular weight excluding hydrogens is 372 g/mol. The van der Waals surface area contributed by atoms with E-state index in [1.54, 1.807) is 41.3 Å². The standard InChI is InChI=1S/C20H26N6O3/c1-25-19-14(12-22-25)11-17(26-8-7-21-13-26)24-18(19)20(27)23-15-3-5-16(6-4-15)29-10-9-28-2/h7-8,11-13,15-16H,3-6,9-10H2,1-2H3,(H,23,27). The number of pyridine rings is 1. The van der Waals surface area contributed by atoms with E-state index in [1.807, 2.05) is 13.1 Å². The minimum absolute atomic E-state index is 0.117. The maximum Gasteiger partial charge on any atom is 0.272 e. The van der Waals surface area contributed by atoms with Gasteiger partial charge in [-0.1, -0.05) is 0 Å². The van der Waals surface area contributed by atoms with Crippen molar-refractivity contribution in [2.75, 3.05) is 20.3 Å². The van der Waals surface area contributed by atoms with Crippen LogP contribution in [0.1, 0.15) is 36.2 Å². The van der Waals surface area contributed by atoms with Gasteiger partial charge in [0.2, 0.25) is 0 Å². The van der Waals surface area contributed by atoms with E-state index in [9.17, 15) is 4.79 Å². The second kappa shape index (κ2) is 8.71. The summed E-state index contributed by atoms with van der Waals surface area (Å²) >= 11 is 0. The fraction of sp³-hybridized carbons (Fsp3) is 0.500. The number of carbonyl (C=O) groups is 1. The lowest BCUT2D eigenvalue weighted by Crippen LogP contribution is -2.39. The Balaban J connectivity index is 1.48. The number of ether oxygens (including phenoxy) is 2. The number of rotatable bonds is 7. The second-order valence-electron chi connectivity index (χ2n) is 7.32. The number of nitrogens with zero attached hydrogens (tertiary/aromatic N) is 5. The molecule has 9 nitrogen and oxygen atoms in total. The molecule has 0 aromatic carbocycles. The van der Waals surface area contributed by atoms with Gasteiger partial charge in [0, 0.05) is 38.0 Å². The van der Waals surface area contributed by atoms with Gasteiger partial charge in [-0.25, -0.2) is 9.97 Å². The van der Waals surface area contributed by atoms with Crippen LogP contribution in [0.3, 0.4) is 0 Å². The third kappa shape index (κ3) is 4.30. The van der Waals surface area contributed by atoms with Gasteiger partial charge in [-0.15, -0.1) is 0 Å². The fourth-order valence-electron chi connectivity index (χ4n) is 3.80. The fourth-order valence-corrected chi connectivity index (χ4v) is 3.80. The summed E-state index contributed by atoms with van der Waals surface area (Å²) in [7, 11) is 3.49. The number of aromatic nitrogens is 5. The third-order valence-electron chi connectivity index (χ3n) is 5.34. The molecule has 0 spiro atoms. The average molecular weight is 398 g/mol. The van der Waals surface area contributed by atoms with E-state index in [-0.39, 0.29) is 18.1 Å². The van der Waals surface area contributed by atoms with Gasteiger partial charge in [0.05, 0.1) is 31.0 Å². The molecule has 9 heteroatoms. The minimum atomic E-state index is -0.177. The number of methoxy groups -OCH3 is 1. The Bertz CT molecular complexity index is 960. The lowest BCUT2D eigenvalue weighted by molar-refractivity contribution is -0.00409. The monoisotopic (exact) mass is 398 g/mol. The summed E-state index contributed by atoms with van der Waals surface area (Å²) in [5, 5.41) is 8.32. The van der Waals surface area contributed by atoms with Crippen LogP contribution >= 0.6 is 0 Å². The van der Waals surface area contributed by atoms with Crippen LogP contribution in [0.2, 0.25) is 0 Å². The first-order chi connectivity index (χ1) is 14.2. The van der Waals surface area contributed by atoms with E-state index < -0.39 is 0 Å². The molecule has 3 heterocycles. The van der Waals surface area contributed by atoms with Gasteiger partial charge >= 0.3 is 0 Å². The maximum absolute atomic E-state index is 13.1. The third-order valence-corrected chi connectivity index (χ3v) is 5.34. The van der Waals surface area contributed by atoms with Crippen molar-refractivity contribution in [3.63, 3.8) is 0 Å². The van der Waals surface area contributed by atoms with Crippen LogP contribution in [0.15, 0.2) is 31.0 Å². The first-order valence-electron chi connectivity index (χ1n) is 9.88. The van der Waals surface area contributed by atoms with Gasteiger partial charge in [0.25, 0.3) is 5.91 Å². The molecule has 1 aliphatic carbocycles. The molecule has 1 saturated carbocycles. The number of imidazole rings is 1. The van der Waals surface area contributed by atoms with E-state index in [2.05, 4.69) is 20.4 Å². The number of amides is 1. The number of aryl methyl sites for hydroxylation is 1. The Hall–Kier alpha value is -2.78. The predicted octanol–water partition coefficient (Wildman–Crippen LogP) is 1.86. The largest absolute Gasteiger partial charge is 0.382 e. The highest BCUT2D eigenvalue weighted by molar-refractivity contribution is 6.04. The van der Waals surface area contributed by atoms with E-state index in [1.165, 1.54) is 0 Å². The molecule has 0 unspecified atom stereocenters. The van der Waals surface area contributed by atoms with E-state index in [4.69, 9.17) is 9.47 Å². The molecule has 1 N–H and O–H groups in total. The van der Waals surface area contributed by atoms with Gasteiger partial charge in [-0.05, 0) is 31.7 Å². The first-order valence-corrected chi connectivity index (χ1v) is 9.88. The van der Waals surface area contributed by atoms with Gasteiger partial charge in [0.1, 0.15) is 12.1 Å². The van der Waals surface area contributed by atoms with Crippen LogP contribution in [0, 0.1) is 0 Å². The Kier molecular flexibility index (Phi) is 5.86. The number of hydrogen-bond donors (Lipinski definition) is 1. The van der Waals surface area contributed by atoms with Crippen LogP contribution < -0.4 is 5.32 Å². The maximum atomic E-state index is 13.1. The van der Waals surface area contributed by atoms with Crippen LogP contribution in [-0.2, 0) is 16.5 Å². The van der Waals surface area contributed by atoms with E-state index >= 15 is 0 Å². The van der Waals surface area contributed by atoms with Gasteiger partial charge in [0.15, 0.2) is 5.69 Å². The van der Waals surface area contributed by atoms with Gasteiger partial charge in [-0.3, -0.25) is 14.0 Å². The quantitative estimate of drug-likeness (QED) is 0.610. The Morgan fingerprint density at radius 1 is 1.28 bits per heavy atom. The number of fused-ring (bicyclic) bond motifs is 1. The molecule has 0 saturated heterocycles. The van der Waals surface area contributed by atoms with Gasteiger partial charge < -0.3 is 14.8 Å². The molecule has 0 bridgehead atoms. The van der Waals surface area contributed by atoms with Crippen LogP contribution in [0.5, 0.6) is 0 Å².